The first-order chi connectivity index (χ1) is 7.34. The minimum absolute atomic E-state index is 0.0975. The van der Waals surface area contributed by atoms with Gasteiger partial charge in [-0.05, 0) is 6.07 Å². The van der Waals surface area contributed by atoms with Crippen molar-refractivity contribution < 1.29 is 4.42 Å². The summed E-state index contributed by atoms with van der Waals surface area (Å²) in [5, 5.41) is 10.6. The predicted molar refractivity (Wildman–Crippen MR) is 59.5 cm³/mol. The van der Waals surface area contributed by atoms with Gasteiger partial charge in [0.25, 0.3) is 5.89 Å². The van der Waals surface area contributed by atoms with Crippen LogP contribution in [0, 0.1) is 0 Å². The number of nitrogens with two attached hydrogens (primary N) is 1. The molecule has 0 saturated heterocycles. The number of thiophene rings is 1. The molecule has 15 heavy (non-hydrogen) atoms. The van der Waals surface area contributed by atoms with Crippen LogP contribution >= 0.6 is 11.3 Å². The van der Waals surface area contributed by atoms with Crippen molar-refractivity contribution in [3.63, 3.8) is 0 Å². The predicted octanol–water partition coefficient (Wildman–Crippen LogP) is 2.53. The standard InChI is InChI=1S/C10H7N3OS/c11-10-13-12-9(14-10)7-5-15-8-4-2-1-3-6(7)8/h1-5H,(H2,11,13). The van der Waals surface area contributed by atoms with Gasteiger partial charge in [0.05, 0.1) is 5.56 Å². The lowest BCUT2D eigenvalue weighted by Crippen LogP contribution is -1.81. The fourth-order valence-electron chi connectivity index (χ4n) is 1.49. The molecule has 0 atom stereocenters. The number of rotatable bonds is 1. The number of fused-ring (bicyclic) bond motifs is 1. The summed E-state index contributed by atoms with van der Waals surface area (Å²) in [5.74, 6) is 0.477. The van der Waals surface area contributed by atoms with Gasteiger partial charge in [-0.25, -0.2) is 0 Å². The SMILES string of the molecule is Nc1nnc(-c2csc3ccccc23)o1. The van der Waals surface area contributed by atoms with Gasteiger partial charge in [-0.1, -0.05) is 23.3 Å². The third kappa shape index (κ3) is 1.28. The molecule has 0 saturated carbocycles. The van der Waals surface area contributed by atoms with E-state index in [-0.39, 0.29) is 6.01 Å². The number of benzene rings is 1. The molecule has 5 heteroatoms. The Labute approximate surface area is 89.4 Å². The summed E-state index contributed by atoms with van der Waals surface area (Å²) in [6.07, 6.45) is 0. The largest absolute Gasteiger partial charge is 0.404 e. The monoisotopic (exact) mass is 217 g/mol. The van der Waals surface area contributed by atoms with E-state index in [1.807, 2.05) is 23.6 Å². The lowest BCUT2D eigenvalue weighted by molar-refractivity contribution is 0.591. The number of anilines is 1. The molecule has 2 aromatic heterocycles. The highest BCUT2D eigenvalue weighted by atomic mass is 32.1. The van der Waals surface area contributed by atoms with Crippen molar-refractivity contribution in [2.75, 3.05) is 5.73 Å². The fraction of sp³-hybridized carbons (Fsp3) is 0. The van der Waals surface area contributed by atoms with Crippen LogP contribution in [0.15, 0.2) is 34.1 Å². The van der Waals surface area contributed by atoms with Crippen LogP contribution in [0.25, 0.3) is 21.5 Å². The van der Waals surface area contributed by atoms with Gasteiger partial charge in [0.2, 0.25) is 0 Å². The Kier molecular flexibility index (Phi) is 1.72. The summed E-state index contributed by atoms with van der Waals surface area (Å²) in [4.78, 5) is 0. The Balaban J connectivity index is 2.27. The van der Waals surface area contributed by atoms with Gasteiger partial charge in [0.15, 0.2) is 0 Å². The number of nitrogen functional groups attached to an aromatic ring is 1. The van der Waals surface area contributed by atoms with Crippen LogP contribution in [0.4, 0.5) is 6.01 Å². The molecule has 0 spiro atoms. The third-order valence-corrected chi connectivity index (χ3v) is 3.12. The first-order valence-electron chi connectivity index (χ1n) is 4.40. The van der Waals surface area contributed by atoms with Gasteiger partial charge in [-0.2, -0.15) is 0 Å². The molecule has 2 N–H and O–H groups in total. The average molecular weight is 217 g/mol. The van der Waals surface area contributed by atoms with E-state index in [2.05, 4.69) is 16.3 Å². The van der Waals surface area contributed by atoms with E-state index in [0.29, 0.717) is 5.89 Å². The zero-order chi connectivity index (χ0) is 10.3. The van der Waals surface area contributed by atoms with Gasteiger partial charge < -0.3 is 10.2 Å². The zero-order valence-corrected chi connectivity index (χ0v) is 8.49. The molecule has 0 fully saturated rings. The van der Waals surface area contributed by atoms with E-state index in [9.17, 15) is 0 Å². The Bertz CT molecular complexity index is 614. The van der Waals surface area contributed by atoms with Gasteiger partial charge in [0.1, 0.15) is 0 Å². The maximum Gasteiger partial charge on any atom is 0.313 e. The first kappa shape index (κ1) is 8.43. The van der Waals surface area contributed by atoms with Gasteiger partial charge in [-0.3, -0.25) is 0 Å². The highest BCUT2D eigenvalue weighted by Gasteiger charge is 2.11. The van der Waals surface area contributed by atoms with Crippen molar-refractivity contribution in [2.24, 2.45) is 0 Å². The van der Waals surface area contributed by atoms with Crippen molar-refractivity contribution in [1.29, 1.82) is 0 Å². The second-order valence-electron chi connectivity index (χ2n) is 3.09. The van der Waals surface area contributed by atoms with E-state index in [4.69, 9.17) is 10.2 Å². The smallest absolute Gasteiger partial charge is 0.313 e. The first-order valence-corrected chi connectivity index (χ1v) is 5.28. The Morgan fingerprint density at radius 2 is 2.07 bits per heavy atom. The summed E-state index contributed by atoms with van der Waals surface area (Å²) in [5.41, 5.74) is 6.34. The van der Waals surface area contributed by atoms with Crippen LogP contribution in [0.2, 0.25) is 0 Å². The van der Waals surface area contributed by atoms with Crippen LogP contribution in [0.5, 0.6) is 0 Å². The molecule has 3 rings (SSSR count). The lowest BCUT2D eigenvalue weighted by Gasteiger charge is -1.91. The molecule has 1 aromatic carbocycles. The minimum Gasteiger partial charge on any atom is -0.404 e. The molecule has 0 unspecified atom stereocenters. The molecular formula is C10H7N3OS. The second-order valence-corrected chi connectivity index (χ2v) is 4.00. The molecule has 2 heterocycles. The maximum absolute atomic E-state index is 5.39. The van der Waals surface area contributed by atoms with Crippen molar-refractivity contribution in [3.8, 4) is 11.5 Å². The second kappa shape index (κ2) is 3.06. The molecule has 0 radical (unpaired) electrons. The van der Waals surface area contributed by atoms with Crippen LogP contribution in [0.3, 0.4) is 0 Å². The van der Waals surface area contributed by atoms with Crippen LogP contribution < -0.4 is 5.73 Å². The quantitative estimate of drug-likeness (QED) is 0.680. The minimum atomic E-state index is 0.0975. The number of nitrogens with zero attached hydrogens (tertiary/aromatic N) is 2. The molecule has 0 bridgehead atoms. The van der Waals surface area contributed by atoms with Gasteiger partial charge in [0, 0.05) is 15.5 Å². The average Bonchev–Trinajstić information content (AvgIpc) is 2.83. The summed E-state index contributed by atoms with van der Waals surface area (Å²) in [7, 11) is 0. The summed E-state index contributed by atoms with van der Waals surface area (Å²) < 4.78 is 6.40. The van der Waals surface area contributed by atoms with Gasteiger partial charge >= 0.3 is 6.01 Å². The van der Waals surface area contributed by atoms with E-state index >= 15 is 0 Å². The van der Waals surface area contributed by atoms with E-state index in [0.717, 1.165) is 10.9 Å². The van der Waals surface area contributed by atoms with Gasteiger partial charge in [-0.15, -0.1) is 16.4 Å². The topological polar surface area (TPSA) is 64.9 Å². The van der Waals surface area contributed by atoms with Crippen molar-refractivity contribution in [1.82, 2.24) is 10.2 Å². The molecule has 0 amide bonds. The number of hydrogen-bond donors (Lipinski definition) is 1. The molecule has 4 nitrogen and oxygen atoms in total. The Morgan fingerprint density at radius 1 is 1.20 bits per heavy atom. The van der Waals surface area contributed by atoms with Crippen LogP contribution in [0.1, 0.15) is 0 Å². The fourth-order valence-corrected chi connectivity index (χ4v) is 2.42. The molecule has 74 valence electrons. The third-order valence-electron chi connectivity index (χ3n) is 2.15. The normalized spacial score (nSPS) is 10.9. The van der Waals surface area contributed by atoms with E-state index < -0.39 is 0 Å². The summed E-state index contributed by atoms with van der Waals surface area (Å²) in [6, 6.07) is 8.17. The molecule has 0 aliphatic carbocycles. The number of hydrogen-bond acceptors (Lipinski definition) is 5. The Hall–Kier alpha value is -1.88. The lowest BCUT2D eigenvalue weighted by atomic mass is 10.2. The van der Waals surface area contributed by atoms with Crippen LogP contribution in [-0.4, -0.2) is 10.2 Å². The van der Waals surface area contributed by atoms with Crippen molar-refractivity contribution in [3.05, 3.63) is 29.6 Å². The molecular weight excluding hydrogens is 210 g/mol. The molecule has 0 aliphatic rings. The Morgan fingerprint density at radius 3 is 2.87 bits per heavy atom. The maximum atomic E-state index is 5.39. The summed E-state index contributed by atoms with van der Waals surface area (Å²) in [6.45, 7) is 0. The summed E-state index contributed by atoms with van der Waals surface area (Å²) >= 11 is 1.65. The highest BCUT2D eigenvalue weighted by molar-refractivity contribution is 7.17. The number of aromatic nitrogens is 2. The zero-order valence-electron chi connectivity index (χ0n) is 7.68. The van der Waals surface area contributed by atoms with Crippen molar-refractivity contribution in [2.45, 2.75) is 0 Å². The molecule has 0 aliphatic heterocycles. The highest BCUT2D eigenvalue weighted by Crippen LogP contribution is 2.32. The molecule has 3 aromatic rings. The van der Waals surface area contributed by atoms with E-state index in [1.165, 1.54) is 4.70 Å². The van der Waals surface area contributed by atoms with Crippen molar-refractivity contribution >= 4 is 27.4 Å². The van der Waals surface area contributed by atoms with E-state index in [1.54, 1.807) is 11.3 Å². The van der Waals surface area contributed by atoms with Crippen LogP contribution in [-0.2, 0) is 0 Å².